The van der Waals surface area contributed by atoms with Gasteiger partial charge in [0.15, 0.2) is 5.96 Å². The molecular weight excluding hydrogens is 378 g/mol. The molecule has 1 unspecified atom stereocenters. The number of para-hydroxylation sites is 1. The molecule has 1 aromatic rings. The quantitative estimate of drug-likeness (QED) is 0.510. The lowest BCUT2D eigenvalue weighted by Crippen LogP contribution is -2.60. The van der Waals surface area contributed by atoms with E-state index < -0.39 is 0 Å². The number of hydrogen-bond acceptors (Lipinski definition) is 4. The highest BCUT2D eigenvalue weighted by atomic mass is 16.5. The molecule has 4 rings (SSSR count). The summed E-state index contributed by atoms with van der Waals surface area (Å²) in [5.41, 5.74) is 2.31. The zero-order valence-corrected chi connectivity index (χ0v) is 18.1. The highest BCUT2D eigenvalue weighted by Gasteiger charge is 2.38. The Bertz CT molecular complexity index is 754. The van der Waals surface area contributed by atoms with Gasteiger partial charge < -0.3 is 20.7 Å². The Kier molecular flexibility index (Phi) is 6.89. The van der Waals surface area contributed by atoms with Crippen LogP contribution in [0.1, 0.15) is 50.0 Å². The van der Waals surface area contributed by atoms with Crippen LogP contribution in [0.15, 0.2) is 29.3 Å². The highest BCUT2D eigenvalue weighted by Crippen LogP contribution is 2.34. The fraction of sp³-hybridized carbons (Fsp3) is 0.652. The maximum absolute atomic E-state index is 12.1. The van der Waals surface area contributed by atoms with E-state index in [0.717, 1.165) is 44.5 Å². The van der Waals surface area contributed by atoms with Crippen molar-refractivity contribution >= 4 is 17.6 Å². The molecule has 1 amide bonds. The van der Waals surface area contributed by atoms with Gasteiger partial charge in [-0.05, 0) is 24.5 Å². The van der Waals surface area contributed by atoms with Gasteiger partial charge in [0.25, 0.3) is 0 Å². The van der Waals surface area contributed by atoms with Crippen LogP contribution >= 0.6 is 0 Å². The van der Waals surface area contributed by atoms with Gasteiger partial charge in [0.1, 0.15) is 0 Å². The molecular formula is C23H35N5O2. The van der Waals surface area contributed by atoms with Crippen LogP contribution in [0.4, 0.5) is 5.69 Å². The molecule has 1 saturated heterocycles. The maximum atomic E-state index is 12.1. The molecule has 2 fully saturated rings. The Morgan fingerprint density at radius 2 is 1.97 bits per heavy atom. The molecule has 7 nitrogen and oxygen atoms in total. The molecule has 30 heavy (non-hydrogen) atoms. The summed E-state index contributed by atoms with van der Waals surface area (Å²) in [5.74, 6) is 1.05. The van der Waals surface area contributed by atoms with Gasteiger partial charge in [0.2, 0.25) is 5.91 Å². The van der Waals surface area contributed by atoms with E-state index >= 15 is 0 Å². The zero-order valence-electron chi connectivity index (χ0n) is 18.1. The number of rotatable bonds is 5. The van der Waals surface area contributed by atoms with Crippen molar-refractivity contribution in [3.8, 4) is 0 Å². The molecule has 164 valence electrons. The monoisotopic (exact) mass is 413 g/mol. The van der Waals surface area contributed by atoms with Crippen LogP contribution in [-0.2, 0) is 9.53 Å². The van der Waals surface area contributed by atoms with E-state index in [-0.39, 0.29) is 17.4 Å². The Balaban J connectivity index is 1.37. The number of aliphatic imine (C=N–C) groups is 1. The second-order valence-electron chi connectivity index (χ2n) is 8.73. The van der Waals surface area contributed by atoms with Gasteiger partial charge in [0.05, 0.1) is 13.2 Å². The summed E-state index contributed by atoms with van der Waals surface area (Å²) in [4.78, 5) is 19.2. The number of carbonyl (C=O) groups is 1. The van der Waals surface area contributed by atoms with Gasteiger partial charge >= 0.3 is 0 Å². The lowest BCUT2D eigenvalue weighted by Gasteiger charge is -2.48. The minimum absolute atomic E-state index is 0.0805. The summed E-state index contributed by atoms with van der Waals surface area (Å²) in [6, 6.07) is 8.07. The Morgan fingerprint density at radius 1 is 1.20 bits per heavy atom. The number of hydrogen-bond donors (Lipinski definition) is 3. The van der Waals surface area contributed by atoms with Crippen LogP contribution in [0.2, 0.25) is 0 Å². The smallest absolute Gasteiger partial charge is 0.225 e. The van der Waals surface area contributed by atoms with Crippen molar-refractivity contribution in [2.24, 2.45) is 4.99 Å². The average molecular weight is 414 g/mol. The van der Waals surface area contributed by atoms with Gasteiger partial charge in [-0.25, -0.2) is 0 Å². The minimum Gasteiger partial charge on any atom is -0.379 e. The Labute approximate surface area is 179 Å². The van der Waals surface area contributed by atoms with Crippen molar-refractivity contribution in [2.75, 3.05) is 51.8 Å². The molecule has 2 aliphatic heterocycles. The van der Waals surface area contributed by atoms with Crippen LogP contribution in [0.3, 0.4) is 0 Å². The first-order valence-electron chi connectivity index (χ1n) is 11.4. The standard InChI is InChI=1S/C23H35N5O2/c1-24-22(25-16-18-15-21(29)27-20-8-4-3-7-19(18)20)26-17-23(9-5-2-6-10-23)28-11-13-30-14-12-28/h3-4,7-8,18H,2,5-6,9-17H2,1H3,(H,27,29)(H2,24,25,26). The third-order valence-corrected chi connectivity index (χ3v) is 6.90. The van der Waals surface area contributed by atoms with E-state index in [1.165, 1.54) is 37.7 Å². The number of ether oxygens (including phenoxy) is 1. The molecule has 1 saturated carbocycles. The first-order valence-corrected chi connectivity index (χ1v) is 11.4. The van der Waals surface area contributed by atoms with E-state index in [2.05, 4.69) is 31.9 Å². The predicted molar refractivity (Wildman–Crippen MR) is 120 cm³/mol. The number of fused-ring (bicyclic) bond motifs is 1. The van der Waals surface area contributed by atoms with Crippen molar-refractivity contribution < 1.29 is 9.53 Å². The maximum Gasteiger partial charge on any atom is 0.225 e. The van der Waals surface area contributed by atoms with Gasteiger partial charge in [-0.1, -0.05) is 37.5 Å². The van der Waals surface area contributed by atoms with E-state index in [9.17, 15) is 4.79 Å². The van der Waals surface area contributed by atoms with Crippen LogP contribution in [0, 0.1) is 0 Å². The summed E-state index contributed by atoms with van der Waals surface area (Å²) >= 11 is 0. The molecule has 0 bridgehead atoms. The topological polar surface area (TPSA) is 78.0 Å². The fourth-order valence-electron chi connectivity index (χ4n) is 5.23. The van der Waals surface area contributed by atoms with Crippen LogP contribution < -0.4 is 16.0 Å². The van der Waals surface area contributed by atoms with E-state index in [0.29, 0.717) is 13.0 Å². The third kappa shape index (κ3) is 4.78. The van der Waals surface area contributed by atoms with E-state index in [1.807, 2.05) is 25.2 Å². The predicted octanol–water partition coefficient (Wildman–Crippen LogP) is 2.31. The van der Waals surface area contributed by atoms with Crippen molar-refractivity contribution in [1.82, 2.24) is 15.5 Å². The van der Waals surface area contributed by atoms with Crippen molar-refractivity contribution in [1.29, 1.82) is 0 Å². The van der Waals surface area contributed by atoms with Crippen molar-refractivity contribution in [2.45, 2.75) is 50.0 Å². The first kappa shape index (κ1) is 21.1. The number of anilines is 1. The summed E-state index contributed by atoms with van der Waals surface area (Å²) in [6.07, 6.45) is 6.87. The molecule has 1 atom stereocenters. The SMILES string of the molecule is CN=C(NCC1CC(=O)Nc2ccccc21)NCC1(N2CCOCC2)CCCCC1. The summed E-state index contributed by atoms with van der Waals surface area (Å²) in [7, 11) is 1.82. The summed E-state index contributed by atoms with van der Waals surface area (Å²) in [6.45, 7) is 5.28. The highest BCUT2D eigenvalue weighted by molar-refractivity contribution is 5.94. The number of nitrogens with one attached hydrogen (secondary N) is 3. The minimum atomic E-state index is 0.0805. The third-order valence-electron chi connectivity index (χ3n) is 6.90. The number of amides is 1. The molecule has 0 aromatic heterocycles. The summed E-state index contributed by atoms with van der Waals surface area (Å²) in [5, 5.41) is 10.1. The number of carbonyl (C=O) groups excluding carboxylic acids is 1. The lowest BCUT2D eigenvalue weighted by atomic mass is 9.80. The first-order chi connectivity index (χ1) is 14.7. The molecule has 7 heteroatoms. The molecule has 0 radical (unpaired) electrons. The largest absolute Gasteiger partial charge is 0.379 e. The lowest BCUT2D eigenvalue weighted by molar-refractivity contribution is -0.116. The average Bonchev–Trinajstić information content (AvgIpc) is 2.80. The Morgan fingerprint density at radius 3 is 2.73 bits per heavy atom. The van der Waals surface area contributed by atoms with Crippen molar-refractivity contribution in [3.05, 3.63) is 29.8 Å². The van der Waals surface area contributed by atoms with Crippen LogP contribution in [0.25, 0.3) is 0 Å². The van der Waals surface area contributed by atoms with Crippen LogP contribution in [0.5, 0.6) is 0 Å². The number of guanidine groups is 1. The van der Waals surface area contributed by atoms with Gasteiger partial charge in [-0.2, -0.15) is 0 Å². The number of morpholine rings is 1. The molecule has 3 N–H and O–H groups in total. The molecule has 3 aliphatic rings. The van der Waals surface area contributed by atoms with Gasteiger partial charge in [0, 0.05) is 56.8 Å². The van der Waals surface area contributed by atoms with E-state index in [1.54, 1.807) is 0 Å². The molecule has 0 spiro atoms. The number of benzene rings is 1. The van der Waals surface area contributed by atoms with Crippen molar-refractivity contribution in [3.63, 3.8) is 0 Å². The Hall–Kier alpha value is -2.12. The zero-order chi connectivity index (χ0) is 20.8. The molecule has 1 aliphatic carbocycles. The van der Waals surface area contributed by atoms with Crippen LogP contribution in [-0.4, -0.2) is 68.7 Å². The van der Waals surface area contributed by atoms with Gasteiger partial charge in [-0.3, -0.25) is 14.7 Å². The summed E-state index contributed by atoms with van der Waals surface area (Å²) < 4.78 is 5.59. The number of nitrogens with zero attached hydrogens (tertiary/aromatic N) is 2. The normalized spacial score (nSPS) is 24.6. The molecule has 1 aromatic carbocycles. The van der Waals surface area contributed by atoms with E-state index in [4.69, 9.17) is 4.74 Å². The van der Waals surface area contributed by atoms with Gasteiger partial charge in [-0.15, -0.1) is 0 Å². The molecule has 2 heterocycles. The fourth-order valence-corrected chi connectivity index (χ4v) is 5.23. The second-order valence-corrected chi connectivity index (χ2v) is 8.73. The second kappa shape index (κ2) is 9.79.